The van der Waals surface area contributed by atoms with Crippen LogP contribution in [0, 0.1) is 0 Å². The zero-order valence-electron chi connectivity index (χ0n) is 10.5. The highest BCUT2D eigenvalue weighted by Gasteiger charge is 2.03. The Balaban J connectivity index is 1.59. The van der Waals surface area contributed by atoms with Crippen molar-refractivity contribution in [1.82, 2.24) is 10.2 Å². The normalized spacial score (nSPS) is 11.0. The van der Waals surface area contributed by atoms with Crippen LogP contribution in [0.4, 0.5) is 5.13 Å². The van der Waals surface area contributed by atoms with Gasteiger partial charge in [-0.2, -0.15) is 0 Å². The summed E-state index contributed by atoms with van der Waals surface area (Å²) in [6.45, 7) is 0.387. The summed E-state index contributed by atoms with van der Waals surface area (Å²) >= 11 is 1.39. The van der Waals surface area contributed by atoms with Gasteiger partial charge in [-0.05, 0) is 24.3 Å². The Bertz CT molecular complexity index is 678. The summed E-state index contributed by atoms with van der Waals surface area (Å²) in [5.74, 6) is 1.49. The summed E-state index contributed by atoms with van der Waals surface area (Å²) in [5, 5.41) is 9.36. The zero-order valence-corrected chi connectivity index (χ0v) is 11.3. The zero-order chi connectivity index (χ0) is 13.6. The third-order valence-electron chi connectivity index (χ3n) is 2.41. The molecule has 0 aliphatic rings. The lowest BCUT2D eigenvalue weighted by Gasteiger charge is -2.01. The molecule has 0 aliphatic heterocycles. The van der Waals surface area contributed by atoms with E-state index in [1.54, 1.807) is 18.5 Å². The van der Waals surface area contributed by atoms with Crippen molar-refractivity contribution in [1.29, 1.82) is 0 Å². The summed E-state index contributed by atoms with van der Waals surface area (Å²) in [4.78, 5) is 4.19. The molecule has 5 nitrogen and oxygen atoms in total. The lowest BCUT2D eigenvalue weighted by atomic mass is 10.3. The summed E-state index contributed by atoms with van der Waals surface area (Å²) in [7, 11) is 0. The number of benzene rings is 1. The number of para-hydroxylation sites is 1. The lowest BCUT2D eigenvalue weighted by Crippen LogP contribution is -1.94. The molecule has 2 aromatic heterocycles. The molecule has 0 bridgehead atoms. The highest BCUT2D eigenvalue weighted by atomic mass is 32.1. The third kappa shape index (κ3) is 3.30. The molecule has 0 aliphatic carbocycles. The highest BCUT2D eigenvalue weighted by Crippen LogP contribution is 2.20. The van der Waals surface area contributed by atoms with Crippen molar-refractivity contribution in [2.24, 2.45) is 4.99 Å². The molecule has 6 heteroatoms. The SMILES string of the molecule is C(=N\c1nnc(COc2ccccc2)s1)/c1ccco1. The molecular weight excluding hydrogens is 274 g/mol. The average Bonchev–Trinajstić information content (AvgIpc) is 3.16. The van der Waals surface area contributed by atoms with Gasteiger partial charge in [-0.1, -0.05) is 29.5 Å². The number of ether oxygens (including phenoxy) is 1. The van der Waals surface area contributed by atoms with Crippen LogP contribution in [-0.4, -0.2) is 16.4 Å². The van der Waals surface area contributed by atoms with Crippen molar-refractivity contribution in [2.45, 2.75) is 6.61 Å². The third-order valence-corrected chi connectivity index (χ3v) is 3.21. The van der Waals surface area contributed by atoms with E-state index in [0.717, 1.165) is 10.8 Å². The first-order valence-electron chi connectivity index (χ1n) is 5.98. The van der Waals surface area contributed by atoms with E-state index in [2.05, 4.69) is 15.2 Å². The standard InChI is InChI=1S/C14H11N3O2S/c1-2-5-11(6-3-1)19-10-13-16-17-14(20-13)15-9-12-7-4-8-18-12/h1-9H,10H2/b15-9+. The van der Waals surface area contributed by atoms with Gasteiger partial charge >= 0.3 is 0 Å². The number of hydrogen-bond acceptors (Lipinski definition) is 6. The molecule has 0 radical (unpaired) electrons. The number of furan rings is 1. The molecule has 3 rings (SSSR count). The molecule has 20 heavy (non-hydrogen) atoms. The Kier molecular flexibility index (Phi) is 3.84. The molecule has 0 amide bonds. The summed E-state index contributed by atoms with van der Waals surface area (Å²) in [6, 6.07) is 13.2. The van der Waals surface area contributed by atoms with Crippen molar-refractivity contribution in [3.63, 3.8) is 0 Å². The second-order valence-electron chi connectivity index (χ2n) is 3.85. The van der Waals surface area contributed by atoms with E-state index < -0.39 is 0 Å². The molecule has 3 aromatic rings. The van der Waals surface area contributed by atoms with Crippen LogP contribution in [0.5, 0.6) is 5.75 Å². The topological polar surface area (TPSA) is 60.5 Å². The van der Waals surface area contributed by atoms with Gasteiger partial charge in [0.1, 0.15) is 18.1 Å². The van der Waals surface area contributed by atoms with Gasteiger partial charge in [-0.3, -0.25) is 0 Å². The molecule has 100 valence electrons. The highest BCUT2D eigenvalue weighted by molar-refractivity contribution is 7.14. The van der Waals surface area contributed by atoms with Crippen LogP contribution >= 0.6 is 11.3 Å². The molecule has 2 heterocycles. The smallest absolute Gasteiger partial charge is 0.231 e. The molecular formula is C14H11N3O2S. The largest absolute Gasteiger partial charge is 0.486 e. The molecule has 0 spiro atoms. The first-order chi connectivity index (χ1) is 9.90. The molecule has 0 fully saturated rings. The van der Waals surface area contributed by atoms with E-state index in [4.69, 9.17) is 9.15 Å². The van der Waals surface area contributed by atoms with Gasteiger partial charge < -0.3 is 9.15 Å². The lowest BCUT2D eigenvalue weighted by molar-refractivity contribution is 0.304. The fourth-order valence-electron chi connectivity index (χ4n) is 1.50. The van der Waals surface area contributed by atoms with Crippen LogP contribution in [0.2, 0.25) is 0 Å². The molecule has 0 saturated heterocycles. The van der Waals surface area contributed by atoms with Crippen LogP contribution in [0.3, 0.4) is 0 Å². The number of hydrogen-bond donors (Lipinski definition) is 0. The summed E-state index contributed by atoms with van der Waals surface area (Å²) < 4.78 is 10.7. The Hall–Kier alpha value is -2.47. The number of rotatable bonds is 5. The van der Waals surface area contributed by atoms with Gasteiger partial charge in [0.25, 0.3) is 0 Å². The van der Waals surface area contributed by atoms with Gasteiger partial charge in [-0.15, -0.1) is 10.2 Å². The van der Waals surface area contributed by atoms with Crippen LogP contribution in [-0.2, 0) is 6.61 Å². The molecule has 0 atom stereocenters. The van der Waals surface area contributed by atoms with E-state index in [0.29, 0.717) is 17.5 Å². The predicted molar refractivity (Wildman–Crippen MR) is 76.6 cm³/mol. The quantitative estimate of drug-likeness (QED) is 0.673. The summed E-state index contributed by atoms with van der Waals surface area (Å²) in [5.41, 5.74) is 0. The van der Waals surface area contributed by atoms with E-state index in [9.17, 15) is 0 Å². The fraction of sp³-hybridized carbons (Fsp3) is 0.0714. The maximum absolute atomic E-state index is 5.59. The van der Waals surface area contributed by atoms with Gasteiger partial charge in [0.05, 0.1) is 12.5 Å². The van der Waals surface area contributed by atoms with Crippen molar-refractivity contribution in [2.75, 3.05) is 0 Å². The van der Waals surface area contributed by atoms with Gasteiger partial charge in [0.2, 0.25) is 5.13 Å². The Morgan fingerprint density at radius 3 is 2.85 bits per heavy atom. The van der Waals surface area contributed by atoms with Crippen LogP contribution in [0.25, 0.3) is 0 Å². The number of aromatic nitrogens is 2. The second kappa shape index (κ2) is 6.12. The van der Waals surface area contributed by atoms with Gasteiger partial charge in [-0.25, -0.2) is 4.99 Å². The average molecular weight is 285 g/mol. The number of aliphatic imine (C=N–C) groups is 1. The molecule has 0 saturated carbocycles. The van der Waals surface area contributed by atoms with Crippen molar-refractivity contribution in [3.05, 3.63) is 59.5 Å². The first kappa shape index (κ1) is 12.6. The minimum Gasteiger partial charge on any atom is -0.486 e. The van der Waals surface area contributed by atoms with Crippen molar-refractivity contribution in [3.8, 4) is 5.75 Å². The summed E-state index contributed by atoms with van der Waals surface area (Å²) in [6.07, 6.45) is 3.21. The minimum absolute atomic E-state index is 0.387. The van der Waals surface area contributed by atoms with Crippen molar-refractivity contribution >= 4 is 22.7 Å². The minimum atomic E-state index is 0.387. The van der Waals surface area contributed by atoms with Gasteiger partial charge in [0.15, 0.2) is 5.01 Å². The van der Waals surface area contributed by atoms with Crippen LogP contribution in [0.1, 0.15) is 10.8 Å². The molecule has 0 unspecified atom stereocenters. The Morgan fingerprint density at radius 1 is 1.15 bits per heavy atom. The second-order valence-corrected chi connectivity index (χ2v) is 4.89. The maximum Gasteiger partial charge on any atom is 0.231 e. The Morgan fingerprint density at radius 2 is 2.05 bits per heavy atom. The molecule has 0 N–H and O–H groups in total. The van der Waals surface area contributed by atoms with Crippen LogP contribution < -0.4 is 4.74 Å². The van der Waals surface area contributed by atoms with Crippen LogP contribution in [0.15, 0.2) is 58.1 Å². The predicted octanol–water partition coefficient (Wildman–Crippen LogP) is 3.46. The monoisotopic (exact) mass is 285 g/mol. The Labute approximate surface area is 119 Å². The molecule has 1 aromatic carbocycles. The van der Waals surface area contributed by atoms with E-state index in [-0.39, 0.29) is 0 Å². The van der Waals surface area contributed by atoms with Gasteiger partial charge in [0, 0.05) is 0 Å². The van der Waals surface area contributed by atoms with Crippen molar-refractivity contribution < 1.29 is 9.15 Å². The number of nitrogens with zero attached hydrogens (tertiary/aromatic N) is 3. The maximum atomic E-state index is 5.59. The first-order valence-corrected chi connectivity index (χ1v) is 6.79. The fourth-order valence-corrected chi connectivity index (χ4v) is 2.10. The van der Waals surface area contributed by atoms with E-state index in [1.807, 2.05) is 36.4 Å². The van der Waals surface area contributed by atoms with E-state index in [1.165, 1.54) is 11.3 Å². The van der Waals surface area contributed by atoms with E-state index >= 15 is 0 Å².